The van der Waals surface area contributed by atoms with Crippen LogP contribution in [0.25, 0.3) is 6.08 Å². The fraction of sp³-hybridized carbons (Fsp3) is 0.182. The number of esters is 1. The highest BCUT2D eigenvalue weighted by atomic mass is 16.6. The topological polar surface area (TPSA) is 133 Å². The zero-order chi connectivity index (χ0) is 23.3. The van der Waals surface area contributed by atoms with E-state index in [4.69, 9.17) is 4.74 Å². The zero-order valence-electron chi connectivity index (χ0n) is 17.0. The average Bonchev–Trinajstić information content (AvgIpc) is 3.04. The minimum Gasteiger partial charge on any atom is -0.465 e. The average molecular weight is 438 g/mol. The maximum atomic E-state index is 12.5. The van der Waals surface area contributed by atoms with Gasteiger partial charge in [-0.25, -0.2) is 4.79 Å². The summed E-state index contributed by atoms with van der Waals surface area (Å²) in [5, 5.41) is 10.9. The molecule has 10 nitrogen and oxygen atoms in total. The number of rotatable bonds is 9. The maximum Gasteiger partial charge on any atom is 0.341 e. The van der Waals surface area contributed by atoms with Crippen LogP contribution in [0.1, 0.15) is 26.3 Å². The summed E-state index contributed by atoms with van der Waals surface area (Å²) < 4.78 is 9.90. The summed E-state index contributed by atoms with van der Waals surface area (Å²) in [4.78, 5) is 60.5. The van der Waals surface area contributed by atoms with Gasteiger partial charge in [0.15, 0.2) is 5.78 Å². The van der Waals surface area contributed by atoms with Crippen LogP contribution in [0.2, 0.25) is 0 Å². The highest BCUT2D eigenvalue weighted by molar-refractivity contribution is 6.22. The number of ether oxygens (including phenoxy) is 2. The standard InChI is InChI=1S/C22H18N2O8/c1-31-22(28)18(12-14-5-4-6-15(11-14)24(29)30)19(25)13-32-10-9-23-20(26)16-7-2-3-8-17(16)21(23)27/h2-8,11-12H,9-10,13H2,1H3. The van der Waals surface area contributed by atoms with E-state index in [0.717, 1.165) is 12.0 Å². The van der Waals surface area contributed by atoms with Crippen molar-refractivity contribution in [3.63, 3.8) is 0 Å². The van der Waals surface area contributed by atoms with Gasteiger partial charge >= 0.3 is 5.97 Å². The van der Waals surface area contributed by atoms with Crippen molar-refractivity contribution in [3.05, 3.63) is 80.9 Å². The van der Waals surface area contributed by atoms with Gasteiger partial charge in [0.1, 0.15) is 12.2 Å². The minimum absolute atomic E-state index is 0.0677. The summed E-state index contributed by atoms with van der Waals surface area (Å²) >= 11 is 0. The lowest BCUT2D eigenvalue weighted by Crippen LogP contribution is -2.33. The molecule has 0 atom stereocenters. The molecule has 2 aromatic rings. The van der Waals surface area contributed by atoms with Crippen LogP contribution >= 0.6 is 0 Å². The molecule has 164 valence electrons. The second-order valence-corrected chi connectivity index (χ2v) is 6.68. The molecule has 32 heavy (non-hydrogen) atoms. The molecule has 0 N–H and O–H groups in total. The number of Topliss-reactive ketones (excluding diaryl/α,β-unsaturated/α-hetero) is 1. The fourth-order valence-electron chi connectivity index (χ4n) is 3.10. The molecule has 1 aliphatic rings. The Morgan fingerprint density at radius 2 is 1.72 bits per heavy atom. The molecule has 1 aliphatic heterocycles. The quantitative estimate of drug-likeness (QED) is 0.0849. The molecule has 0 unspecified atom stereocenters. The lowest BCUT2D eigenvalue weighted by molar-refractivity contribution is -0.384. The van der Waals surface area contributed by atoms with E-state index in [1.54, 1.807) is 24.3 Å². The van der Waals surface area contributed by atoms with E-state index in [-0.39, 0.29) is 30.0 Å². The summed E-state index contributed by atoms with van der Waals surface area (Å²) in [5.74, 6) is -2.53. The summed E-state index contributed by atoms with van der Waals surface area (Å²) in [6.45, 7) is -0.705. The number of benzene rings is 2. The second kappa shape index (κ2) is 9.75. The van der Waals surface area contributed by atoms with Crippen LogP contribution in [0, 0.1) is 10.1 Å². The van der Waals surface area contributed by atoms with E-state index >= 15 is 0 Å². The first-order valence-corrected chi connectivity index (χ1v) is 9.44. The molecule has 2 amide bonds. The summed E-state index contributed by atoms with van der Waals surface area (Å²) in [6, 6.07) is 11.8. The van der Waals surface area contributed by atoms with Crippen molar-refractivity contribution in [1.82, 2.24) is 4.90 Å². The number of nitrogens with zero attached hydrogens (tertiary/aromatic N) is 2. The van der Waals surface area contributed by atoms with E-state index in [0.29, 0.717) is 11.1 Å². The van der Waals surface area contributed by atoms with Crippen LogP contribution in [0.4, 0.5) is 5.69 Å². The number of hydrogen-bond donors (Lipinski definition) is 0. The Balaban J connectivity index is 1.62. The smallest absolute Gasteiger partial charge is 0.341 e. The second-order valence-electron chi connectivity index (χ2n) is 6.68. The lowest BCUT2D eigenvalue weighted by atomic mass is 10.1. The van der Waals surface area contributed by atoms with Gasteiger partial charge in [0.25, 0.3) is 17.5 Å². The number of carbonyl (C=O) groups excluding carboxylic acids is 4. The predicted molar refractivity (Wildman–Crippen MR) is 111 cm³/mol. The van der Waals surface area contributed by atoms with Crippen molar-refractivity contribution in [1.29, 1.82) is 0 Å². The van der Waals surface area contributed by atoms with Crippen molar-refractivity contribution >= 4 is 35.3 Å². The first-order valence-electron chi connectivity index (χ1n) is 9.44. The SMILES string of the molecule is COC(=O)C(=Cc1cccc([N+](=O)[O-])c1)C(=O)COCCN1C(=O)c2ccccc2C1=O. The highest BCUT2D eigenvalue weighted by Gasteiger charge is 2.34. The maximum absolute atomic E-state index is 12.5. The predicted octanol–water partition coefficient (Wildman–Crippen LogP) is 2.03. The Bertz CT molecular complexity index is 1100. The van der Waals surface area contributed by atoms with Crippen LogP contribution in [0.5, 0.6) is 0 Å². The Hall–Kier alpha value is -4.18. The summed E-state index contributed by atoms with van der Waals surface area (Å²) in [7, 11) is 1.10. The normalized spacial score (nSPS) is 13.2. The molecule has 10 heteroatoms. The van der Waals surface area contributed by atoms with Gasteiger partial charge in [0, 0.05) is 12.1 Å². The molecule has 1 heterocycles. The number of amides is 2. The largest absolute Gasteiger partial charge is 0.465 e. The number of imide groups is 1. The van der Waals surface area contributed by atoms with Crippen molar-refractivity contribution in [2.24, 2.45) is 0 Å². The molecule has 0 aromatic heterocycles. The van der Waals surface area contributed by atoms with Gasteiger partial charge in [-0.1, -0.05) is 24.3 Å². The van der Waals surface area contributed by atoms with Gasteiger partial charge in [-0.3, -0.25) is 29.4 Å². The van der Waals surface area contributed by atoms with Gasteiger partial charge in [-0.15, -0.1) is 0 Å². The summed E-state index contributed by atoms with van der Waals surface area (Å²) in [5.41, 5.74) is 0.322. The minimum atomic E-state index is -0.926. The number of hydrogen-bond acceptors (Lipinski definition) is 8. The third kappa shape index (κ3) is 4.76. The van der Waals surface area contributed by atoms with Gasteiger partial charge < -0.3 is 9.47 Å². The molecule has 0 fully saturated rings. The molecular weight excluding hydrogens is 420 g/mol. The van der Waals surface area contributed by atoms with Crippen LogP contribution in [0.3, 0.4) is 0 Å². The van der Waals surface area contributed by atoms with E-state index in [1.165, 1.54) is 30.3 Å². The number of fused-ring (bicyclic) bond motifs is 1. The number of methoxy groups -OCH3 is 1. The van der Waals surface area contributed by atoms with Crippen LogP contribution < -0.4 is 0 Å². The molecule has 0 saturated heterocycles. The van der Waals surface area contributed by atoms with Crippen LogP contribution in [0.15, 0.2) is 54.1 Å². The Labute approximate surface area is 182 Å². The van der Waals surface area contributed by atoms with E-state index in [1.807, 2.05) is 0 Å². The van der Waals surface area contributed by atoms with Crippen molar-refractivity contribution in [2.75, 3.05) is 26.9 Å². The third-order valence-electron chi connectivity index (χ3n) is 4.67. The van der Waals surface area contributed by atoms with Gasteiger partial charge in [-0.05, 0) is 23.8 Å². The molecule has 0 aliphatic carbocycles. The Kier molecular flexibility index (Phi) is 6.86. The lowest BCUT2D eigenvalue weighted by Gasteiger charge is -2.13. The van der Waals surface area contributed by atoms with Gasteiger partial charge in [-0.2, -0.15) is 0 Å². The fourth-order valence-corrected chi connectivity index (χ4v) is 3.10. The Morgan fingerprint density at radius 3 is 2.31 bits per heavy atom. The van der Waals surface area contributed by atoms with Gasteiger partial charge in [0.05, 0.1) is 36.3 Å². The highest BCUT2D eigenvalue weighted by Crippen LogP contribution is 2.22. The third-order valence-corrected chi connectivity index (χ3v) is 4.67. The molecule has 3 rings (SSSR count). The van der Waals surface area contributed by atoms with Crippen molar-refractivity contribution < 1.29 is 33.6 Å². The number of non-ortho nitro benzene ring substituents is 1. The van der Waals surface area contributed by atoms with Crippen LogP contribution in [-0.4, -0.2) is 60.3 Å². The number of nitro benzene ring substituents is 1. The first-order chi connectivity index (χ1) is 15.3. The van der Waals surface area contributed by atoms with E-state index in [9.17, 15) is 29.3 Å². The van der Waals surface area contributed by atoms with Gasteiger partial charge in [0.2, 0.25) is 0 Å². The molecule has 2 aromatic carbocycles. The number of ketones is 1. The molecule has 0 saturated carbocycles. The van der Waals surface area contributed by atoms with Crippen molar-refractivity contribution in [2.45, 2.75) is 0 Å². The molecule has 0 spiro atoms. The van der Waals surface area contributed by atoms with Crippen LogP contribution in [-0.2, 0) is 19.1 Å². The Morgan fingerprint density at radius 1 is 1.06 bits per heavy atom. The molecular formula is C22H18N2O8. The molecule has 0 radical (unpaired) electrons. The molecule has 0 bridgehead atoms. The van der Waals surface area contributed by atoms with E-state index in [2.05, 4.69) is 4.74 Å². The monoisotopic (exact) mass is 438 g/mol. The summed E-state index contributed by atoms with van der Waals surface area (Å²) in [6.07, 6.45) is 1.18. The number of nitro groups is 1. The van der Waals surface area contributed by atoms with Crippen molar-refractivity contribution in [3.8, 4) is 0 Å². The zero-order valence-corrected chi connectivity index (χ0v) is 17.0. The first kappa shape index (κ1) is 22.5. The number of carbonyl (C=O) groups is 4. The van der Waals surface area contributed by atoms with E-state index < -0.39 is 35.1 Å².